The first-order valence-corrected chi connectivity index (χ1v) is 5.28. The van der Waals surface area contributed by atoms with Crippen molar-refractivity contribution in [1.82, 2.24) is 0 Å². The zero-order valence-corrected chi connectivity index (χ0v) is 9.67. The van der Waals surface area contributed by atoms with E-state index in [2.05, 4.69) is 0 Å². The van der Waals surface area contributed by atoms with Gasteiger partial charge in [-0.3, -0.25) is 9.59 Å². The summed E-state index contributed by atoms with van der Waals surface area (Å²) in [7, 11) is 0. The molecule has 0 aliphatic carbocycles. The minimum Gasteiger partial charge on any atom is -0.298 e. The first-order chi connectivity index (χ1) is 8.26. The summed E-state index contributed by atoms with van der Waals surface area (Å²) in [6.45, 7) is 1.99. The molecule has 2 nitrogen and oxygen atoms in total. The third-order valence-electron chi connectivity index (χ3n) is 2.15. The molecule has 2 heteroatoms. The maximum atomic E-state index is 10.1. The largest absolute Gasteiger partial charge is 0.298 e. The molecule has 2 rings (SSSR count). The third-order valence-corrected chi connectivity index (χ3v) is 2.15. The van der Waals surface area contributed by atoms with Gasteiger partial charge in [0.2, 0.25) is 0 Å². The highest BCUT2D eigenvalue weighted by Gasteiger charge is 1.85. The number of carbonyl (C=O) groups excluding carboxylic acids is 2. The number of aldehydes is 2. The molecule has 0 spiro atoms. The minimum atomic E-state index is 0.729. The van der Waals surface area contributed by atoms with E-state index < -0.39 is 0 Å². The molecular formula is C15H14O2. The monoisotopic (exact) mass is 226 g/mol. The van der Waals surface area contributed by atoms with Gasteiger partial charge in [0, 0.05) is 11.1 Å². The van der Waals surface area contributed by atoms with Crippen LogP contribution in [0.1, 0.15) is 26.3 Å². The van der Waals surface area contributed by atoms with Crippen molar-refractivity contribution in [3.63, 3.8) is 0 Å². The summed E-state index contributed by atoms with van der Waals surface area (Å²) in [6.07, 6.45) is 1.68. The Morgan fingerprint density at radius 1 is 0.706 bits per heavy atom. The lowest BCUT2D eigenvalue weighted by Gasteiger charge is -1.89. The second-order valence-electron chi connectivity index (χ2n) is 3.56. The van der Waals surface area contributed by atoms with E-state index in [0.29, 0.717) is 0 Å². The number of benzene rings is 2. The predicted octanol–water partition coefficient (Wildman–Crippen LogP) is 3.31. The molecule has 0 aliphatic rings. The number of hydrogen-bond acceptors (Lipinski definition) is 2. The van der Waals surface area contributed by atoms with E-state index in [1.165, 1.54) is 5.56 Å². The van der Waals surface area contributed by atoms with Crippen LogP contribution in [0.5, 0.6) is 0 Å². The molecule has 0 unspecified atom stereocenters. The van der Waals surface area contributed by atoms with Gasteiger partial charge in [-0.25, -0.2) is 0 Å². The van der Waals surface area contributed by atoms with Crippen LogP contribution in [-0.2, 0) is 0 Å². The Labute approximate surface area is 101 Å². The molecule has 0 fully saturated rings. The van der Waals surface area contributed by atoms with E-state index in [4.69, 9.17) is 0 Å². The molecule has 0 saturated heterocycles. The molecule has 2 aromatic carbocycles. The first-order valence-electron chi connectivity index (χ1n) is 5.28. The zero-order valence-electron chi connectivity index (χ0n) is 9.67. The minimum absolute atomic E-state index is 0.729. The molecule has 0 saturated carbocycles. The number of carbonyl (C=O) groups is 2. The predicted molar refractivity (Wildman–Crippen MR) is 68.4 cm³/mol. The zero-order chi connectivity index (χ0) is 12.5. The van der Waals surface area contributed by atoms with Crippen LogP contribution in [-0.4, -0.2) is 12.6 Å². The Morgan fingerprint density at radius 3 is 1.59 bits per heavy atom. The average Bonchev–Trinajstić information content (AvgIpc) is 2.41. The summed E-state index contributed by atoms with van der Waals surface area (Å²) in [6, 6.07) is 16.6. The van der Waals surface area contributed by atoms with Crippen LogP contribution in [0.2, 0.25) is 0 Å². The molecule has 17 heavy (non-hydrogen) atoms. The number of hydrogen-bond donors (Lipinski definition) is 0. The Balaban J connectivity index is 0.000000171. The molecular weight excluding hydrogens is 212 g/mol. The Bertz CT molecular complexity index is 458. The van der Waals surface area contributed by atoms with Crippen molar-refractivity contribution in [2.75, 3.05) is 0 Å². The lowest BCUT2D eigenvalue weighted by Crippen LogP contribution is -1.77. The van der Waals surface area contributed by atoms with Gasteiger partial charge >= 0.3 is 0 Å². The van der Waals surface area contributed by atoms with Crippen molar-refractivity contribution < 1.29 is 9.59 Å². The summed E-state index contributed by atoms with van der Waals surface area (Å²) in [5.74, 6) is 0. The van der Waals surface area contributed by atoms with Gasteiger partial charge < -0.3 is 0 Å². The van der Waals surface area contributed by atoms with Gasteiger partial charge in [-0.1, -0.05) is 60.2 Å². The molecule has 0 bridgehead atoms. The van der Waals surface area contributed by atoms with Crippen molar-refractivity contribution in [3.8, 4) is 0 Å². The second kappa shape index (κ2) is 7.12. The van der Waals surface area contributed by atoms with Crippen molar-refractivity contribution in [1.29, 1.82) is 0 Å². The van der Waals surface area contributed by atoms with E-state index in [9.17, 15) is 9.59 Å². The highest BCUT2D eigenvalue weighted by atomic mass is 16.1. The summed E-state index contributed by atoms with van der Waals surface area (Å²) in [4.78, 5) is 20.1. The molecule has 0 atom stereocenters. The molecule has 2 aromatic rings. The topological polar surface area (TPSA) is 34.1 Å². The lowest BCUT2D eigenvalue weighted by molar-refractivity contribution is 0.111. The van der Waals surface area contributed by atoms with Crippen molar-refractivity contribution >= 4 is 12.6 Å². The van der Waals surface area contributed by atoms with Crippen molar-refractivity contribution in [3.05, 3.63) is 71.3 Å². The Hall–Kier alpha value is -2.22. The van der Waals surface area contributed by atoms with E-state index in [1.54, 1.807) is 12.1 Å². The van der Waals surface area contributed by atoms with Crippen LogP contribution in [0.4, 0.5) is 0 Å². The van der Waals surface area contributed by atoms with E-state index in [1.807, 2.05) is 49.4 Å². The quantitative estimate of drug-likeness (QED) is 0.736. The fraction of sp³-hybridized carbons (Fsp3) is 0.0667. The second-order valence-corrected chi connectivity index (χ2v) is 3.56. The normalized spacial score (nSPS) is 8.76. The maximum Gasteiger partial charge on any atom is 0.150 e. The maximum absolute atomic E-state index is 10.1. The smallest absolute Gasteiger partial charge is 0.150 e. The Kier molecular flexibility index (Phi) is 5.38. The highest BCUT2D eigenvalue weighted by Crippen LogP contribution is 1.98. The Morgan fingerprint density at radius 2 is 1.18 bits per heavy atom. The van der Waals surface area contributed by atoms with Crippen LogP contribution in [0, 0.1) is 6.92 Å². The highest BCUT2D eigenvalue weighted by molar-refractivity contribution is 5.74. The third kappa shape index (κ3) is 4.89. The lowest BCUT2D eigenvalue weighted by atomic mass is 10.2. The van der Waals surface area contributed by atoms with Crippen LogP contribution >= 0.6 is 0 Å². The van der Waals surface area contributed by atoms with E-state index >= 15 is 0 Å². The van der Waals surface area contributed by atoms with Gasteiger partial charge in [0.1, 0.15) is 12.6 Å². The summed E-state index contributed by atoms with van der Waals surface area (Å²) < 4.78 is 0. The van der Waals surface area contributed by atoms with Gasteiger partial charge in [0.05, 0.1) is 0 Å². The SMILES string of the molecule is Cc1ccc(C=O)cc1.O=Cc1ccccc1. The molecule has 0 radical (unpaired) electrons. The van der Waals surface area contributed by atoms with Gasteiger partial charge in [-0.2, -0.15) is 0 Å². The fourth-order valence-electron chi connectivity index (χ4n) is 1.18. The molecule has 0 aromatic heterocycles. The number of aryl methyl sites for hydroxylation is 1. The molecule has 0 N–H and O–H groups in total. The van der Waals surface area contributed by atoms with Crippen LogP contribution in [0.3, 0.4) is 0 Å². The van der Waals surface area contributed by atoms with E-state index in [-0.39, 0.29) is 0 Å². The van der Waals surface area contributed by atoms with Crippen LogP contribution < -0.4 is 0 Å². The first kappa shape index (κ1) is 12.8. The molecule has 0 heterocycles. The average molecular weight is 226 g/mol. The van der Waals surface area contributed by atoms with Crippen LogP contribution in [0.25, 0.3) is 0 Å². The van der Waals surface area contributed by atoms with Crippen molar-refractivity contribution in [2.45, 2.75) is 6.92 Å². The summed E-state index contributed by atoms with van der Waals surface area (Å²) in [5, 5.41) is 0. The summed E-state index contributed by atoms with van der Waals surface area (Å²) in [5.41, 5.74) is 2.65. The molecule has 0 aliphatic heterocycles. The van der Waals surface area contributed by atoms with Gasteiger partial charge in [0.15, 0.2) is 0 Å². The van der Waals surface area contributed by atoms with Gasteiger partial charge in [-0.15, -0.1) is 0 Å². The standard InChI is InChI=1S/C8H8O.C7H6O/c1-7-2-4-8(6-9)5-3-7;8-6-7-4-2-1-3-5-7/h2-6H,1H3;1-6H. The number of rotatable bonds is 2. The van der Waals surface area contributed by atoms with Gasteiger partial charge in [0.25, 0.3) is 0 Å². The summed E-state index contributed by atoms with van der Waals surface area (Å²) >= 11 is 0. The van der Waals surface area contributed by atoms with Crippen molar-refractivity contribution in [2.24, 2.45) is 0 Å². The molecule has 86 valence electrons. The molecule has 0 amide bonds. The van der Waals surface area contributed by atoms with E-state index in [0.717, 1.165) is 23.7 Å². The van der Waals surface area contributed by atoms with Gasteiger partial charge in [-0.05, 0) is 6.92 Å². The van der Waals surface area contributed by atoms with Crippen LogP contribution in [0.15, 0.2) is 54.6 Å². The fourth-order valence-corrected chi connectivity index (χ4v) is 1.18.